The molecule has 5 nitrogen and oxygen atoms in total. The number of nitrogens with zero attached hydrogens (tertiary/aromatic N) is 2. The molecule has 1 amide bonds. The first-order valence-electron chi connectivity index (χ1n) is 9.78. The second kappa shape index (κ2) is 9.41. The average molecular weight is 490 g/mol. The molecule has 2 aromatic carbocycles. The van der Waals surface area contributed by atoms with Gasteiger partial charge in [0.2, 0.25) is 5.91 Å². The van der Waals surface area contributed by atoms with Crippen LogP contribution in [0.25, 0.3) is 0 Å². The Morgan fingerprint density at radius 3 is 2.79 bits per heavy atom. The lowest BCUT2D eigenvalue weighted by Crippen LogP contribution is -2.28. The minimum absolute atomic E-state index is 0. The van der Waals surface area contributed by atoms with Gasteiger partial charge in [0.1, 0.15) is 0 Å². The highest BCUT2D eigenvalue weighted by Crippen LogP contribution is 2.28. The number of carbonyl (C=O) groups is 1. The summed E-state index contributed by atoms with van der Waals surface area (Å²) in [7, 11) is 0. The van der Waals surface area contributed by atoms with Gasteiger partial charge >= 0.3 is 0 Å². The summed E-state index contributed by atoms with van der Waals surface area (Å²) in [6.07, 6.45) is 5.68. The van der Waals surface area contributed by atoms with Crippen LogP contribution in [0, 0.1) is 0 Å². The van der Waals surface area contributed by atoms with Crippen LogP contribution in [0.5, 0.6) is 0 Å². The van der Waals surface area contributed by atoms with Gasteiger partial charge in [0, 0.05) is 30.9 Å². The van der Waals surface area contributed by atoms with E-state index in [0.717, 1.165) is 30.8 Å². The number of hydrogen-bond acceptors (Lipinski definition) is 2. The Morgan fingerprint density at radius 1 is 1.07 bits per heavy atom. The number of hydrogen-bond donors (Lipinski definition) is 2. The Bertz CT molecular complexity index is 881. The summed E-state index contributed by atoms with van der Waals surface area (Å²) in [6, 6.07) is 14.5. The number of aryl methyl sites for hydroxylation is 2. The lowest BCUT2D eigenvalue weighted by molar-refractivity contribution is -0.118. The van der Waals surface area contributed by atoms with Gasteiger partial charge in [-0.2, -0.15) is 0 Å². The molecule has 3 N–H and O–H groups in total. The molecule has 1 aliphatic carbocycles. The van der Waals surface area contributed by atoms with Crippen molar-refractivity contribution in [1.82, 2.24) is 0 Å². The maximum absolute atomic E-state index is 12.5. The highest BCUT2D eigenvalue weighted by Gasteiger charge is 2.23. The van der Waals surface area contributed by atoms with Crippen LogP contribution in [0.4, 0.5) is 11.4 Å². The van der Waals surface area contributed by atoms with E-state index in [4.69, 9.17) is 5.73 Å². The largest absolute Gasteiger partial charge is 0.370 e. The van der Waals surface area contributed by atoms with Gasteiger partial charge in [0.15, 0.2) is 5.96 Å². The highest BCUT2D eigenvalue weighted by atomic mass is 127. The minimum atomic E-state index is 0. The zero-order valence-corrected chi connectivity index (χ0v) is 18.3. The van der Waals surface area contributed by atoms with E-state index in [9.17, 15) is 4.79 Å². The van der Waals surface area contributed by atoms with Gasteiger partial charge in [-0.3, -0.25) is 9.79 Å². The number of guanidine groups is 1. The number of carbonyl (C=O) groups excluding carboxylic acids is 1. The molecule has 0 fully saturated rings. The van der Waals surface area contributed by atoms with E-state index in [0.29, 0.717) is 25.3 Å². The normalized spacial score (nSPS) is 15.0. The van der Waals surface area contributed by atoms with Crippen LogP contribution >= 0.6 is 24.0 Å². The first-order valence-corrected chi connectivity index (χ1v) is 9.78. The van der Waals surface area contributed by atoms with Crippen molar-refractivity contribution in [2.75, 3.05) is 23.3 Å². The lowest BCUT2D eigenvalue weighted by atomic mass is 10.1. The van der Waals surface area contributed by atoms with Gasteiger partial charge < -0.3 is 16.0 Å². The number of amides is 1. The predicted octanol–water partition coefficient (Wildman–Crippen LogP) is 3.89. The Labute approximate surface area is 183 Å². The molecule has 0 spiro atoms. The molecule has 0 radical (unpaired) electrons. The molecule has 0 saturated carbocycles. The topological polar surface area (TPSA) is 70.7 Å². The Kier molecular flexibility index (Phi) is 6.93. The van der Waals surface area contributed by atoms with E-state index >= 15 is 0 Å². The number of halogens is 1. The number of fused-ring (bicyclic) bond motifs is 2. The van der Waals surface area contributed by atoms with Crippen LogP contribution in [-0.4, -0.2) is 25.0 Å². The summed E-state index contributed by atoms with van der Waals surface area (Å²) in [5.41, 5.74) is 12.1. The quantitative estimate of drug-likeness (QED) is 0.289. The molecule has 1 heterocycles. The molecule has 0 atom stereocenters. The number of rotatable bonds is 5. The fraction of sp³-hybridized carbons (Fsp3) is 0.364. The molecule has 6 heteroatoms. The minimum Gasteiger partial charge on any atom is -0.370 e. The second-order valence-corrected chi connectivity index (χ2v) is 7.26. The Hall–Kier alpha value is -2.09. The standard InChI is InChI=1S/C22H26N4O.HI/c23-22(25-19-11-10-16-6-3-7-18(16)15-19)24-13-4-9-21(27)26-14-12-17-5-1-2-8-20(17)26;/h1-2,5,8,10-11,15H,3-4,6-7,9,12-14H2,(H3,23,24,25);1H. The molecular formula is C22H27IN4O. The van der Waals surface area contributed by atoms with Gasteiger partial charge in [-0.1, -0.05) is 24.3 Å². The monoisotopic (exact) mass is 490 g/mol. The first-order chi connectivity index (χ1) is 13.2. The average Bonchev–Trinajstić information content (AvgIpc) is 3.31. The SMILES string of the molecule is I.NC(=NCCCC(=O)N1CCc2ccccc21)Nc1ccc2c(c1)CCC2. The number of benzene rings is 2. The van der Waals surface area contributed by atoms with Crippen molar-refractivity contribution in [1.29, 1.82) is 0 Å². The Balaban J connectivity index is 0.00000225. The highest BCUT2D eigenvalue weighted by molar-refractivity contribution is 14.0. The third-order valence-corrected chi connectivity index (χ3v) is 5.39. The predicted molar refractivity (Wildman–Crippen MR) is 126 cm³/mol. The van der Waals surface area contributed by atoms with Gasteiger partial charge in [0.25, 0.3) is 0 Å². The molecule has 1 aliphatic heterocycles. The van der Waals surface area contributed by atoms with Crippen molar-refractivity contribution in [3.63, 3.8) is 0 Å². The van der Waals surface area contributed by atoms with Gasteiger partial charge in [-0.15, -0.1) is 24.0 Å². The van der Waals surface area contributed by atoms with Crippen LogP contribution in [0.1, 0.15) is 36.0 Å². The van der Waals surface area contributed by atoms with Crippen LogP contribution in [-0.2, 0) is 24.1 Å². The molecule has 0 aromatic heterocycles. The summed E-state index contributed by atoms with van der Waals surface area (Å²) in [6.45, 7) is 1.33. The van der Waals surface area contributed by atoms with E-state index in [-0.39, 0.29) is 29.9 Å². The molecule has 2 aliphatic rings. The Morgan fingerprint density at radius 2 is 1.89 bits per heavy atom. The number of para-hydroxylation sites is 1. The van der Waals surface area contributed by atoms with Crippen molar-refractivity contribution in [3.05, 3.63) is 59.2 Å². The van der Waals surface area contributed by atoms with E-state index in [1.165, 1.54) is 29.5 Å². The van der Waals surface area contributed by atoms with Crippen molar-refractivity contribution < 1.29 is 4.79 Å². The van der Waals surface area contributed by atoms with E-state index in [2.05, 4.69) is 34.6 Å². The molecule has 0 bridgehead atoms. The molecule has 148 valence electrons. The molecule has 0 unspecified atom stereocenters. The maximum atomic E-state index is 12.5. The lowest BCUT2D eigenvalue weighted by Gasteiger charge is -2.17. The summed E-state index contributed by atoms with van der Waals surface area (Å²) in [4.78, 5) is 18.7. The maximum Gasteiger partial charge on any atom is 0.227 e. The number of aliphatic imine (C=N–C) groups is 1. The van der Waals surface area contributed by atoms with E-state index < -0.39 is 0 Å². The molecule has 4 rings (SSSR count). The van der Waals surface area contributed by atoms with Crippen LogP contribution in [0.15, 0.2) is 47.5 Å². The molecule has 28 heavy (non-hydrogen) atoms. The van der Waals surface area contributed by atoms with E-state index in [1.54, 1.807) is 0 Å². The number of anilines is 2. The van der Waals surface area contributed by atoms with Gasteiger partial charge in [-0.25, -0.2) is 0 Å². The zero-order valence-electron chi connectivity index (χ0n) is 16.0. The van der Waals surface area contributed by atoms with Crippen LogP contribution < -0.4 is 16.0 Å². The van der Waals surface area contributed by atoms with Crippen molar-refractivity contribution in [2.45, 2.75) is 38.5 Å². The molecule has 2 aromatic rings. The second-order valence-electron chi connectivity index (χ2n) is 7.26. The first kappa shape index (κ1) is 20.6. The third-order valence-electron chi connectivity index (χ3n) is 5.39. The third kappa shape index (κ3) is 4.66. The number of nitrogens with two attached hydrogens (primary N) is 1. The van der Waals surface area contributed by atoms with Crippen molar-refractivity contribution in [2.24, 2.45) is 10.7 Å². The molecule has 0 saturated heterocycles. The summed E-state index contributed by atoms with van der Waals surface area (Å²) >= 11 is 0. The smallest absolute Gasteiger partial charge is 0.227 e. The van der Waals surface area contributed by atoms with Crippen LogP contribution in [0.2, 0.25) is 0 Å². The fourth-order valence-corrected chi connectivity index (χ4v) is 4.00. The summed E-state index contributed by atoms with van der Waals surface area (Å²) in [5.74, 6) is 0.576. The number of nitrogens with one attached hydrogen (secondary N) is 1. The van der Waals surface area contributed by atoms with Crippen molar-refractivity contribution in [3.8, 4) is 0 Å². The zero-order chi connectivity index (χ0) is 18.6. The van der Waals surface area contributed by atoms with Crippen LogP contribution in [0.3, 0.4) is 0 Å². The summed E-state index contributed by atoms with van der Waals surface area (Å²) in [5, 5.41) is 3.16. The van der Waals surface area contributed by atoms with E-state index in [1.807, 2.05) is 23.1 Å². The fourth-order valence-electron chi connectivity index (χ4n) is 4.00. The molecular weight excluding hydrogens is 463 g/mol. The van der Waals surface area contributed by atoms with Crippen molar-refractivity contribution >= 4 is 47.2 Å². The van der Waals surface area contributed by atoms with Gasteiger partial charge in [-0.05, 0) is 67.0 Å². The summed E-state index contributed by atoms with van der Waals surface area (Å²) < 4.78 is 0. The van der Waals surface area contributed by atoms with Gasteiger partial charge in [0.05, 0.1) is 0 Å².